The van der Waals surface area contributed by atoms with Gasteiger partial charge < -0.3 is 10.2 Å². The lowest BCUT2D eigenvalue weighted by molar-refractivity contribution is -0.161. The van der Waals surface area contributed by atoms with Gasteiger partial charge in [0, 0.05) is 11.6 Å². The SMILES string of the molecule is CC(C)C(=O)N1C(C(=O)NC2=CCCCC2)C(C)(C)CCC1(c1ccccc1)c1ccccc1. The van der Waals surface area contributed by atoms with E-state index in [1.807, 2.05) is 55.1 Å². The molecule has 0 bridgehead atoms. The average Bonchev–Trinajstić information content (AvgIpc) is 2.84. The Morgan fingerprint density at radius 1 is 0.912 bits per heavy atom. The second kappa shape index (κ2) is 9.77. The predicted molar refractivity (Wildman–Crippen MR) is 137 cm³/mol. The molecule has 1 aliphatic heterocycles. The summed E-state index contributed by atoms with van der Waals surface area (Å²) in [5, 5.41) is 3.24. The number of hydrogen-bond acceptors (Lipinski definition) is 2. The van der Waals surface area contributed by atoms with E-state index in [9.17, 15) is 9.59 Å². The highest BCUT2D eigenvalue weighted by molar-refractivity contribution is 5.91. The molecule has 1 unspecified atom stereocenters. The predicted octanol–water partition coefficient (Wildman–Crippen LogP) is 6.18. The van der Waals surface area contributed by atoms with E-state index >= 15 is 0 Å². The van der Waals surface area contributed by atoms with Crippen molar-refractivity contribution in [1.29, 1.82) is 0 Å². The van der Waals surface area contributed by atoms with Gasteiger partial charge in [0.25, 0.3) is 0 Å². The summed E-state index contributed by atoms with van der Waals surface area (Å²) in [5.41, 5.74) is 2.04. The Balaban J connectivity index is 1.91. The van der Waals surface area contributed by atoms with E-state index in [2.05, 4.69) is 49.5 Å². The quantitative estimate of drug-likeness (QED) is 0.582. The minimum atomic E-state index is -0.706. The van der Waals surface area contributed by atoms with Crippen LogP contribution in [0, 0.1) is 11.3 Å². The molecular formula is C30H38N2O2. The standard InChI is InChI=1S/C30H38N2O2/c1-22(2)28(34)32-26(27(33)31-25-18-12-7-13-19-25)29(3,4)20-21-30(32,23-14-8-5-9-15-23)24-16-10-6-11-17-24/h5-6,8-11,14-18,22,26H,7,12-13,19-21H2,1-4H3,(H,31,33). The average molecular weight is 459 g/mol. The number of amides is 2. The third-order valence-electron chi connectivity index (χ3n) is 7.60. The molecule has 1 saturated heterocycles. The lowest BCUT2D eigenvalue weighted by Gasteiger charge is -2.57. The van der Waals surface area contributed by atoms with Crippen molar-refractivity contribution in [2.45, 2.75) is 77.8 Å². The van der Waals surface area contributed by atoms with Crippen molar-refractivity contribution in [3.05, 3.63) is 83.6 Å². The van der Waals surface area contributed by atoms with Crippen molar-refractivity contribution < 1.29 is 9.59 Å². The summed E-state index contributed by atoms with van der Waals surface area (Å²) in [5.74, 6) is -0.286. The molecule has 1 fully saturated rings. The molecule has 0 spiro atoms. The molecule has 4 nitrogen and oxygen atoms in total. The van der Waals surface area contributed by atoms with Gasteiger partial charge in [0.1, 0.15) is 6.04 Å². The first-order chi connectivity index (χ1) is 16.3. The van der Waals surface area contributed by atoms with Crippen LogP contribution in [0.15, 0.2) is 72.4 Å². The van der Waals surface area contributed by atoms with E-state index < -0.39 is 11.6 Å². The van der Waals surface area contributed by atoms with E-state index in [-0.39, 0.29) is 23.1 Å². The van der Waals surface area contributed by atoms with Crippen LogP contribution in [-0.2, 0) is 15.1 Å². The number of carbonyl (C=O) groups is 2. The highest BCUT2D eigenvalue weighted by Crippen LogP contribution is 2.52. The molecule has 0 saturated carbocycles. The molecule has 34 heavy (non-hydrogen) atoms. The van der Waals surface area contributed by atoms with E-state index in [1.54, 1.807) is 0 Å². The molecule has 0 aromatic heterocycles. The number of rotatable bonds is 5. The third kappa shape index (κ3) is 4.43. The van der Waals surface area contributed by atoms with Crippen molar-refractivity contribution in [2.24, 2.45) is 11.3 Å². The van der Waals surface area contributed by atoms with Crippen LogP contribution < -0.4 is 5.32 Å². The summed E-state index contributed by atoms with van der Waals surface area (Å²) in [4.78, 5) is 30.1. The summed E-state index contributed by atoms with van der Waals surface area (Å²) in [7, 11) is 0. The maximum Gasteiger partial charge on any atom is 0.247 e. The van der Waals surface area contributed by atoms with Gasteiger partial charge in [0.15, 0.2) is 0 Å². The minimum Gasteiger partial charge on any atom is -0.328 e. The van der Waals surface area contributed by atoms with Gasteiger partial charge in [0.2, 0.25) is 11.8 Å². The molecular weight excluding hydrogens is 420 g/mol. The summed E-state index contributed by atoms with van der Waals surface area (Å²) in [6, 6.07) is 19.9. The Hall–Kier alpha value is -2.88. The van der Waals surface area contributed by atoms with Crippen molar-refractivity contribution in [3.63, 3.8) is 0 Å². The summed E-state index contributed by atoms with van der Waals surface area (Å²) >= 11 is 0. The summed E-state index contributed by atoms with van der Waals surface area (Å²) in [6.45, 7) is 8.13. The second-order valence-electron chi connectivity index (χ2n) is 10.8. The Morgan fingerprint density at radius 2 is 1.50 bits per heavy atom. The molecule has 1 atom stereocenters. The van der Waals surface area contributed by atoms with Crippen LogP contribution in [0.4, 0.5) is 0 Å². The molecule has 2 aliphatic rings. The number of piperidine rings is 1. The van der Waals surface area contributed by atoms with Gasteiger partial charge >= 0.3 is 0 Å². The molecule has 180 valence electrons. The Kier molecular flexibility index (Phi) is 6.97. The van der Waals surface area contributed by atoms with Gasteiger partial charge in [-0.1, -0.05) is 94.4 Å². The number of likely N-dealkylation sites (tertiary alicyclic amines) is 1. The maximum atomic E-state index is 14.1. The topological polar surface area (TPSA) is 49.4 Å². The van der Waals surface area contributed by atoms with Crippen LogP contribution in [0.5, 0.6) is 0 Å². The lowest BCUT2D eigenvalue weighted by atomic mass is 9.64. The van der Waals surface area contributed by atoms with E-state index in [0.717, 1.165) is 55.3 Å². The van der Waals surface area contributed by atoms with Crippen molar-refractivity contribution in [3.8, 4) is 0 Å². The number of nitrogens with zero attached hydrogens (tertiary/aromatic N) is 1. The van der Waals surface area contributed by atoms with Gasteiger partial charge in [-0.2, -0.15) is 0 Å². The summed E-state index contributed by atoms with van der Waals surface area (Å²) < 4.78 is 0. The fourth-order valence-electron chi connectivity index (χ4n) is 5.74. The smallest absolute Gasteiger partial charge is 0.247 e. The fourth-order valence-corrected chi connectivity index (χ4v) is 5.74. The highest BCUT2D eigenvalue weighted by atomic mass is 16.2. The first-order valence-electron chi connectivity index (χ1n) is 12.7. The molecule has 1 aliphatic carbocycles. The van der Waals surface area contributed by atoms with Crippen LogP contribution in [0.2, 0.25) is 0 Å². The van der Waals surface area contributed by atoms with Crippen molar-refractivity contribution in [1.82, 2.24) is 10.2 Å². The number of hydrogen-bond donors (Lipinski definition) is 1. The Morgan fingerprint density at radius 3 is 2.00 bits per heavy atom. The Bertz CT molecular complexity index is 1000. The van der Waals surface area contributed by atoms with Gasteiger partial charge in [-0.25, -0.2) is 0 Å². The molecule has 4 heteroatoms. The first-order valence-corrected chi connectivity index (χ1v) is 12.7. The highest BCUT2D eigenvalue weighted by Gasteiger charge is 2.56. The molecule has 2 amide bonds. The van der Waals surface area contributed by atoms with Gasteiger partial charge in [-0.05, 0) is 55.1 Å². The normalized spacial score (nSPS) is 21.6. The second-order valence-corrected chi connectivity index (χ2v) is 10.8. The van der Waals surface area contributed by atoms with E-state index in [1.165, 1.54) is 0 Å². The maximum absolute atomic E-state index is 14.1. The largest absolute Gasteiger partial charge is 0.328 e. The summed E-state index contributed by atoms with van der Waals surface area (Å²) in [6.07, 6.45) is 7.88. The zero-order valence-corrected chi connectivity index (χ0v) is 21.0. The zero-order valence-electron chi connectivity index (χ0n) is 21.0. The molecule has 4 rings (SSSR count). The van der Waals surface area contributed by atoms with Gasteiger partial charge in [-0.15, -0.1) is 0 Å². The molecule has 2 aromatic carbocycles. The van der Waals surface area contributed by atoms with Crippen LogP contribution in [0.3, 0.4) is 0 Å². The zero-order chi connectivity index (χ0) is 24.3. The third-order valence-corrected chi connectivity index (χ3v) is 7.60. The Labute approximate surface area is 204 Å². The first kappa shape index (κ1) is 24.3. The number of carbonyl (C=O) groups excluding carboxylic acids is 2. The number of nitrogens with one attached hydrogen (secondary N) is 1. The van der Waals surface area contributed by atoms with Crippen LogP contribution >= 0.6 is 0 Å². The van der Waals surface area contributed by atoms with Gasteiger partial charge in [0.05, 0.1) is 5.54 Å². The minimum absolute atomic E-state index is 0.0123. The van der Waals surface area contributed by atoms with Crippen LogP contribution in [-0.4, -0.2) is 22.8 Å². The number of allylic oxidation sites excluding steroid dienone is 2. The molecule has 1 heterocycles. The molecule has 2 aromatic rings. The van der Waals surface area contributed by atoms with E-state index in [0.29, 0.717) is 0 Å². The van der Waals surface area contributed by atoms with Crippen molar-refractivity contribution in [2.75, 3.05) is 0 Å². The monoisotopic (exact) mass is 458 g/mol. The fraction of sp³-hybridized carbons (Fsp3) is 0.467. The van der Waals surface area contributed by atoms with Crippen molar-refractivity contribution >= 4 is 11.8 Å². The molecule has 0 radical (unpaired) electrons. The molecule has 1 N–H and O–H groups in total. The van der Waals surface area contributed by atoms with E-state index in [4.69, 9.17) is 0 Å². The van der Waals surface area contributed by atoms with Crippen LogP contribution in [0.1, 0.15) is 77.3 Å². The van der Waals surface area contributed by atoms with Crippen LogP contribution in [0.25, 0.3) is 0 Å². The number of benzene rings is 2. The lowest BCUT2D eigenvalue weighted by Crippen LogP contribution is -2.67. The van der Waals surface area contributed by atoms with Gasteiger partial charge in [-0.3, -0.25) is 9.59 Å².